The predicted molar refractivity (Wildman–Crippen MR) is 54.3 cm³/mol. The third kappa shape index (κ3) is 2.28. The SMILES string of the molecule is O=[N+]([O-])c1cnc(Cl)nc1Sc1ncco1. The van der Waals surface area contributed by atoms with E-state index in [1.165, 1.54) is 12.5 Å². The molecule has 0 spiro atoms. The van der Waals surface area contributed by atoms with E-state index in [2.05, 4.69) is 15.0 Å². The largest absolute Gasteiger partial charge is 0.440 e. The van der Waals surface area contributed by atoms with Gasteiger partial charge in [-0.25, -0.2) is 15.0 Å². The van der Waals surface area contributed by atoms with Crippen molar-refractivity contribution in [1.82, 2.24) is 15.0 Å². The highest BCUT2D eigenvalue weighted by Crippen LogP contribution is 2.31. The Morgan fingerprint density at radius 2 is 2.31 bits per heavy atom. The number of halogens is 1. The Morgan fingerprint density at radius 3 is 2.94 bits per heavy atom. The van der Waals surface area contributed by atoms with Crippen LogP contribution in [0.15, 0.2) is 33.3 Å². The van der Waals surface area contributed by atoms with Gasteiger partial charge in [0.1, 0.15) is 12.5 Å². The van der Waals surface area contributed by atoms with Crippen LogP contribution in [0.5, 0.6) is 0 Å². The molecule has 0 aromatic carbocycles. The number of hydrogen-bond acceptors (Lipinski definition) is 7. The first-order valence-corrected chi connectivity index (χ1v) is 5.10. The van der Waals surface area contributed by atoms with Gasteiger partial charge in [0.25, 0.3) is 5.22 Å². The van der Waals surface area contributed by atoms with Crippen molar-refractivity contribution in [3.05, 3.63) is 34.1 Å². The summed E-state index contributed by atoms with van der Waals surface area (Å²) >= 11 is 6.46. The fourth-order valence-electron chi connectivity index (χ4n) is 0.883. The first kappa shape index (κ1) is 10.8. The second kappa shape index (κ2) is 4.45. The summed E-state index contributed by atoms with van der Waals surface area (Å²) < 4.78 is 4.94. The van der Waals surface area contributed by atoms with E-state index in [1.54, 1.807) is 0 Å². The average Bonchev–Trinajstić information content (AvgIpc) is 2.70. The van der Waals surface area contributed by atoms with E-state index in [1.807, 2.05) is 0 Å². The molecule has 0 atom stereocenters. The number of rotatable bonds is 3. The van der Waals surface area contributed by atoms with Crippen molar-refractivity contribution in [3.63, 3.8) is 0 Å². The van der Waals surface area contributed by atoms with Crippen molar-refractivity contribution < 1.29 is 9.34 Å². The van der Waals surface area contributed by atoms with Gasteiger partial charge in [0.2, 0.25) is 5.28 Å². The third-order valence-corrected chi connectivity index (χ3v) is 2.55. The van der Waals surface area contributed by atoms with Crippen LogP contribution in [0.3, 0.4) is 0 Å². The number of hydrogen-bond donors (Lipinski definition) is 0. The lowest BCUT2D eigenvalue weighted by molar-refractivity contribution is -0.388. The van der Waals surface area contributed by atoms with Crippen LogP contribution in [-0.2, 0) is 0 Å². The minimum Gasteiger partial charge on any atom is -0.440 e. The highest BCUT2D eigenvalue weighted by molar-refractivity contribution is 7.99. The summed E-state index contributed by atoms with van der Waals surface area (Å²) in [6, 6.07) is 0. The molecule has 0 unspecified atom stereocenters. The third-order valence-electron chi connectivity index (χ3n) is 1.50. The van der Waals surface area contributed by atoms with Gasteiger partial charge >= 0.3 is 5.69 Å². The van der Waals surface area contributed by atoms with Crippen molar-refractivity contribution in [2.75, 3.05) is 0 Å². The zero-order valence-electron chi connectivity index (χ0n) is 7.53. The second-order valence-electron chi connectivity index (χ2n) is 2.49. The quantitative estimate of drug-likeness (QED) is 0.360. The molecule has 0 amide bonds. The van der Waals surface area contributed by atoms with E-state index >= 15 is 0 Å². The van der Waals surface area contributed by atoms with Gasteiger partial charge in [-0.05, 0) is 23.4 Å². The number of nitro groups is 1. The molecule has 0 aliphatic carbocycles. The molecule has 2 rings (SSSR count). The highest BCUT2D eigenvalue weighted by atomic mass is 35.5. The molecule has 9 heteroatoms. The molecule has 7 nitrogen and oxygen atoms in total. The molecule has 0 N–H and O–H groups in total. The van der Waals surface area contributed by atoms with Gasteiger partial charge < -0.3 is 4.42 Å². The summed E-state index contributed by atoms with van der Waals surface area (Å²) in [7, 11) is 0. The molecule has 2 aromatic heterocycles. The summed E-state index contributed by atoms with van der Waals surface area (Å²) in [4.78, 5) is 21.2. The van der Waals surface area contributed by atoms with Gasteiger partial charge in [0.15, 0.2) is 5.03 Å². The molecular formula is C7H3ClN4O3S. The lowest BCUT2D eigenvalue weighted by atomic mass is 10.6. The second-order valence-corrected chi connectivity index (χ2v) is 3.76. The van der Waals surface area contributed by atoms with Crippen LogP contribution in [0.1, 0.15) is 0 Å². The van der Waals surface area contributed by atoms with Crippen LogP contribution in [0.4, 0.5) is 5.69 Å². The number of oxazole rings is 1. The molecule has 0 saturated heterocycles. The fraction of sp³-hybridized carbons (Fsp3) is 0. The average molecular weight is 259 g/mol. The van der Waals surface area contributed by atoms with Gasteiger partial charge in [-0.15, -0.1) is 0 Å². The van der Waals surface area contributed by atoms with E-state index in [0.29, 0.717) is 0 Å². The summed E-state index contributed by atoms with van der Waals surface area (Å²) in [6.45, 7) is 0. The molecule has 2 aromatic rings. The maximum absolute atomic E-state index is 10.7. The molecule has 16 heavy (non-hydrogen) atoms. The van der Waals surface area contributed by atoms with Crippen molar-refractivity contribution >= 4 is 29.1 Å². The Hall–Kier alpha value is -1.67. The Kier molecular flexibility index (Phi) is 3.02. The summed E-state index contributed by atoms with van der Waals surface area (Å²) in [6.07, 6.45) is 3.83. The lowest BCUT2D eigenvalue weighted by Crippen LogP contribution is -1.95. The maximum atomic E-state index is 10.7. The van der Waals surface area contributed by atoms with Crippen LogP contribution in [0, 0.1) is 10.1 Å². The van der Waals surface area contributed by atoms with Gasteiger partial charge in [-0.2, -0.15) is 0 Å². The zero-order chi connectivity index (χ0) is 11.5. The standard InChI is InChI=1S/C7H3ClN4O3S/c8-6-10-3-4(12(13)14)5(11-6)16-7-9-1-2-15-7/h1-3H. The number of aromatic nitrogens is 3. The van der Waals surface area contributed by atoms with Crippen molar-refractivity contribution in [1.29, 1.82) is 0 Å². The molecule has 0 aliphatic heterocycles. The van der Waals surface area contributed by atoms with E-state index < -0.39 is 4.92 Å². The van der Waals surface area contributed by atoms with Crippen LogP contribution in [-0.4, -0.2) is 19.9 Å². The fourth-order valence-corrected chi connectivity index (χ4v) is 1.81. The molecule has 0 aliphatic rings. The van der Waals surface area contributed by atoms with Crippen molar-refractivity contribution in [2.24, 2.45) is 0 Å². The number of nitrogens with zero attached hydrogens (tertiary/aromatic N) is 4. The lowest BCUT2D eigenvalue weighted by Gasteiger charge is -1.98. The Bertz CT molecular complexity index is 518. The topological polar surface area (TPSA) is 95.0 Å². The Morgan fingerprint density at radius 1 is 1.50 bits per heavy atom. The molecule has 82 valence electrons. The molecular weight excluding hydrogens is 256 g/mol. The van der Waals surface area contributed by atoms with Crippen LogP contribution < -0.4 is 0 Å². The minimum atomic E-state index is -0.596. The Balaban J connectivity index is 2.38. The first-order chi connectivity index (χ1) is 7.66. The van der Waals surface area contributed by atoms with Crippen LogP contribution in [0.2, 0.25) is 5.28 Å². The van der Waals surface area contributed by atoms with Gasteiger partial charge in [0, 0.05) is 0 Å². The van der Waals surface area contributed by atoms with Gasteiger partial charge in [-0.1, -0.05) is 0 Å². The monoisotopic (exact) mass is 258 g/mol. The van der Waals surface area contributed by atoms with E-state index in [4.69, 9.17) is 16.0 Å². The molecule has 0 radical (unpaired) electrons. The van der Waals surface area contributed by atoms with Crippen molar-refractivity contribution in [3.8, 4) is 0 Å². The summed E-state index contributed by atoms with van der Waals surface area (Å²) in [5, 5.41) is 10.9. The van der Waals surface area contributed by atoms with E-state index in [9.17, 15) is 10.1 Å². The minimum absolute atomic E-state index is 0.0698. The normalized spacial score (nSPS) is 10.3. The predicted octanol–water partition coefficient (Wildman–Crippen LogP) is 2.18. The van der Waals surface area contributed by atoms with E-state index in [0.717, 1.165) is 18.0 Å². The molecule has 0 saturated carbocycles. The van der Waals surface area contributed by atoms with Gasteiger partial charge in [-0.3, -0.25) is 10.1 Å². The zero-order valence-corrected chi connectivity index (χ0v) is 9.10. The highest BCUT2D eigenvalue weighted by Gasteiger charge is 2.19. The van der Waals surface area contributed by atoms with E-state index in [-0.39, 0.29) is 21.2 Å². The summed E-state index contributed by atoms with van der Waals surface area (Å²) in [5.41, 5.74) is -0.243. The molecule has 0 fully saturated rings. The molecule has 0 bridgehead atoms. The van der Waals surface area contributed by atoms with Gasteiger partial charge in [0.05, 0.1) is 11.1 Å². The smallest absolute Gasteiger partial charge is 0.320 e. The van der Waals surface area contributed by atoms with Crippen molar-refractivity contribution in [2.45, 2.75) is 10.2 Å². The maximum Gasteiger partial charge on any atom is 0.320 e. The van der Waals surface area contributed by atoms with Crippen LogP contribution >= 0.6 is 23.4 Å². The summed E-state index contributed by atoms with van der Waals surface area (Å²) in [5.74, 6) is 0. The molecule has 2 heterocycles. The first-order valence-electron chi connectivity index (χ1n) is 3.91. The Labute approximate surface area is 98.0 Å². The van der Waals surface area contributed by atoms with Crippen LogP contribution in [0.25, 0.3) is 0 Å².